The summed E-state index contributed by atoms with van der Waals surface area (Å²) in [4.78, 5) is 139. The van der Waals surface area contributed by atoms with E-state index in [2.05, 4.69) is 70.6 Å². The molecule has 1 aliphatic heterocycles. The van der Waals surface area contributed by atoms with Gasteiger partial charge in [-0.3, -0.25) is 52.9 Å². The first-order chi connectivity index (χ1) is 41.1. The third-order valence-electron chi connectivity index (χ3n) is 14.5. The first-order valence-corrected chi connectivity index (χ1v) is 30.8. The van der Waals surface area contributed by atoms with Crippen LogP contribution in [0.3, 0.4) is 0 Å². The van der Waals surface area contributed by atoms with Crippen molar-refractivity contribution < 1.29 is 53.1 Å². The van der Waals surface area contributed by atoms with Gasteiger partial charge in [-0.25, -0.2) is 10.9 Å². The molecule has 1 aliphatic rings. The van der Waals surface area contributed by atoms with Gasteiger partial charge < -0.3 is 81.6 Å². The van der Waals surface area contributed by atoms with Crippen LogP contribution in [0.15, 0.2) is 29.3 Å². The maximum Gasteiger partial charge on any atom is 0.243 e. The molecule has 0 aliphatic carbocycles. The number of carbonyl (C=O) groups excluding carboxylic acids is 10. The van der Waals surface area contributed by atoms with Crippen LogP contribution in [-0.4, -0.2) is 152 Å². The lowest BCUT2D eigenvalue weighted by Gasteiger charge is -2.28. The number of nitrogens with zero attached hydrogens (tertiary/aromatic N) is 1. The molecule has 28 nitrogen and oxygen atoms in total. The summed E-state index contributed by atoms with van der Waals surface area (Å²) in [5, 5.41) is 33.4. The van der Waals surface area contributed by atoms with Crippen molar-refractivity contribution >= 4 is 65.0 Å². The lowest BCUT2D eigenvalue weighted by molar-refractivity contribution is -0.136. The Morgan fingerprint density at radius 2 is 0.930 bits per heavy atom. The zero-order valence-electron chi connectivity index (χ0n) is 51.1. The predicted octanol–water partition coefficient (Wildman–Crippen LogP) is -0.906. The van der Waals surface area contributed by atoms with Gasteiger partial charge in [0.05, 0.1) is 18.8 Å². The molecule has 1 saturated heterocycles. The number of guanidine groups is 1. The number of hydrazine groups is 1. The summed E-state index contributed by atoms with van der Waals surface area (Å²) in [6.07, 6.45) is 16.6. The number of phenols is 1. The molecule has 10 amide bonds. The van der Waals surface area contributed by atoms with Crippen molar-refractivity contribution in [2.24, 2.45) is 33.7 Å². The van der Waals surface area contributed by atoms with Crippen molar-refractivity contribution in [2.75, 3.05) is 39.8 Å². The Labute approximate surface area is 506 Å². The van der Waals surface area contributed by atoms with Crippen molar-refractivity contribution in [3.63, 3.8) is 0 Å². The van der Waals surface area contributed by atoms with E-state index < -0.39 is 108 Å². The summed E-state index contributed by atoms with van der Waals surface area (Å²) in [6.45, 7) is 3.68. The first-order valence-electron chi connectivity index (χ1n) is 30.8. The minimum absolute atomic E-state index is 0.00159. The smallest absolute Gasteiger partial charge is 0.243 e. The van der Waals surface area contributed by atoms with Crippen molar-refractivity contribution in [3.05, 3.63) is 29.8 Å². The van der Waals surface area contributed by atoms with Gasteiger partial charge in [-0.05, 0) is 102 Å². The second-order valence-electron chi connectivity index (χ2n) is 22.3. The lowest BCUT2D eigenvalue weighted by Crippen LogP contribution is -2.60. The van der Waals surface area contributed by atoms with Crippen LogP contribution in [0.1, 0.15) is 180 Å². The number of carbonyl (C=O) groups is 10. The summed E-state index contributed by atoms with van der Waals surface area (Å²) in [5.74, 6) is -7.37. The average Bonchev–Trinajstić information content (AvgIpc) is 2.48. The number of unbranched alkanes of at least 4 members (excludes halogenated alkanes) is 14. The number of benzene rings is 1. The van der Waals surface area contributed by atoms with Crippen molar-refractivity contribution in [1.82, 2.24) is 58.7 Å². The summed E-state index contributed by atoms with van der Waals surface area (Å²) in [7, 11) is 1.41. The molecule has 1 aromatic carbocycles. The summed E-state index contributed by atoms with van der Waals surface area (Å²) in [5.41, 5.74) is 33.5. The summed E-state index contributed by atoms with van der Waals surface area (Å²) in [6, 6.07) is -2.07. The number of aliphatic imine (C=N–C) groups is 1. The number of nitrogens with one attached hydrogen (secondary N) is 11. The molecule has 2 rings (SSSR count). The third-order valence-corrected chi connectivity index (χ3v) is 14.5. The van der Waals surface area contributed by atoms with E-state index in [1.807, 2.05) is 0 Å². The number of aromatic hydroxyl groups is 1. The number of likely N-dealkylation sites (N-methyl/N-ethyl adjacent to an activating group) is 1. The van der Waals surface area contributed by atoms with E-state index in [0.717, 1.165) is 19.3 Å². The Morgan fingerprint density at radius 3 is 1.41 bits per heavy atom. The van der Waals surface area contributed by atoms with Crippen LogP contribution in [0.5, 0.6) is 5.75 Å². The van der Waals surface area contributed by atoms with Crippen LogP contribution in [0.25, 0.3) is 0 Å². The van der Waals surface area contributed by atoms with Gasteiger partial charge in [0.1, 0.15) is 42.0 Å². The molecule has 22 N–H and O–H groups in total. The van der Waals surface area contributed by atoms with Crippen molar-refractivity contribution in [3.8, 4) is 5.75 Å². The van der Waals surface area contributed by atoms with Crippen LogP contribution < -0.4 is 87.4 Å². The minimum Gasteiger partial charge on any atom is -0.508 e. The quantitative estimate of drug-likeness (QED) is 0.0163. The van der Waals surface area contributed by atoms with E-state index >= 15 is 0 Å². The van der Waals surface area contributed by atoms with Gasteiger partial charge >= 0.3 is 0 Å². The molecule has 0 bridgehead atoms. The highest BCUT2D eigenvalue weighted by atomic mass is 16.3. The number of rotatable bonds is 49. The third kappa shape index (κ3) is 34.1. The van der Waals surface area contributed by atoms with E-state index in [-0.39, 0.29) is 88.7 Å². The summed E-state index contributed by atoms with van der Waals surface area (Å²) >= 11 is 0. The molecule has 86 heavy (non-hydrogen) atoms. The molecule has 0 unspecified atom stereocenters. The maximum absolute atomic E-state index is 14.4. The number of hydrogen-bond acceptors (Lipinski definition) is 16. The fraction of sp³-hybridized carbons (Fsp3) is 0.707. The number of phenolic OH excluding ortho intramolecular Hbond substituents is 1. The SMILES string of the molecule is CCCCCCCCCCCCCCCC(=O)NCC(=O)NCC(=O)N[C@@H](Cc1ccc(O)cc1)C(=O)N[C@@H](CCC(N)=O)C(=O)N[C@@H](CCCCN)C(=O)N[C@@H](CCCCN)C(=O)N[C@@H](CC1(C)NN1)C(=O)N[C@@H](CCCN=C(N)N)C(=O)NC. The van der Waals surface area contributed by atoms with E-state index in [4.69, 9.17) is 28.7 Å². The van der Waals surface area contributed by atoms with Gasteiger partial charge in [-0.1, -0.05) is 96.1 Å². The van der Waals surface area contributed by atoms with E-state index in [1.54, 1.807) is 6.92 Å². The molecule has 28 heteroatoms. The van der Waals surface area contributed by atoms with Crippen LogP contribution in [0.2, 0.25) is 0 Å². The second kappa shape index (κ2) is 43.4. The van der Waals surface area contributed by atoms with Crippen molar-refractivity contribution in [1.29, 1.82) is 0 Å². The highest BCUT2D eigenvalue weighted by Gasteiger charge is 2.42. The van der Waals surface area contributed by atoms with Crippen LogP contribution in [0.4, 0.5) is 0 Å². The van der Waals surface area contributed by atoms with Gasteiger partial charge in [-0.15, -0.1) is 0 Å². The first kappa shape index (κ1) is 74.9. The Bertz CT molecular complexity index is 2280. The lowest BCUT2D eigenvalue weighted by atomic mass is 10.0. The van der Waals surface area contributed by atoms with E-state index in [9.17, 15) is 53.1 Å². The fourth-order valence-corrected chi connectivity index (χ4v) is 9.35. The Morgan fingerprint density at radius 1 is 0.500 bits per heavy atom. The highest BCUT2D eigenvalue weighted by Crippen LogP contribution is 2.19. The van der Waals surface area contributed by atoms with E-state index in [1.165, 1.54) is 89.1 Å². The number of amides is 10. The van der Waals surface area contributed by atoms with Crippen LogP contribution in [-0.2, 0) is 54.4 Å². The molecule has 1 heterocycles. The van der Waals surface area contributed by atoms with Gasteiger partial charge in [-0.2, -0.15) is 0 Å². The Hall–Kier alpha value is -7.17. The highest BCUT2D eigenvalue weighted by molar-refractivity contribution is 5.98. The van der Waals surface area contributed by atoms with E-state index in [0.29, 0.717) is 44.1 Å². The molecule has 1 aromatic rings. The predicted molar refractivity (Wildman–Crippen MR) is 327 cm³/mol. The zero-order chi connectivity index (χ0) is 63.7. The monoisotopic (exact) mass is 1210 g/mol. The van der Waals surface area contributed by atoms with Gasteiger partial charge in [0.25, 0.3) is 0 Å². The molecule has 486 valence electrons. The van der Waals surface area contributed by atoms with Gasteiger partial charge in [0.15, 0.2) is 5.96 Å². The maximum atomic E-state index is 14.4. The van der Waals surface area contributed by atoms with Crippen molar-refractivity contribution in [2.45, 2.75) is 223 Å². The molecule has 0 aromatic heterocycles. The molecule has 0 saturated carbocycles. The van der Waals surface area contributed by atoms with Crippen LogP contribution in [0, 0.1) is 0 Å². The Kier molecular flexibility index (Phi) is 37.9. The fourth-order valence-electron chi connectivity index (χ4n) is 9.35. The average molecular weight is 1210 g/mol. The summed E-state index contributed by atoms with van der Waals surface area (Å²) < 4.78 is 0. The van der Waals surface area contributed by atoms with Crippen LogP contribution >= 0.6 is 0 Å². The van der Waals surface area contributed by atoms with Gasteiger partial charge in [0, 0.05) is 39.3 Å². The minimum atomic E-state index is -1.53. The largest absolute Gasteiger partial charge is 0.508 e. The molecule has 6 atom stereocenters. The molecule has 0 radical (unpaired) electrons. The second-order valence-corrected chi connectivity index (χ2v) is 22.3. The molecule has 0 spiro atoms. The molecular formula is C58H103N17O11. The zero-order valence-corrected chi connectivity index (χ0v) is 51.1. The standard InChI is InChI=1S/C58H103N17O11/c1-4-5-6-7-8-9-10-11-12-13-14-15-16-25-48(78)66-37-49(79)67-38-50(80)68-45(35-39-26-28-40(76)29-27-39)55(85)72-44(30-31-47(61)77)54(84)71-42(22-17-19-32-59)52(82)70-43(23-18-20-33-60)53(83)73-46(36-58(2)74-75-58)56(86)69-41(51(81)64-3)24-21-34-65-57(62)63/h26-29,41-46,74-76H,4-25,30-38,59-60H2,1-3H3,(H2,61,77)(H,64,81)(H,66,78)(H,67,79)(H,68,80)(H,69,86)(H,70,82)(H,71,84)(H,72,85)(H,73,83)(H4,62,63,65)/t41-,42-,43-,44-,45-,46-/m0/s1. The Balaban J connectivity index is 2.22. The number of nitrogens with two attached hydrogens (primary N) is 5. The van der Waals surface area contributed by atoms with Gasteiger partial charge in [0.2, 0.25) is 59.1 Å². The molecular weight excluding hydrogens is 1110 g/mol. The number of hydrogen-bond donors (Lipinski definition) is 17. The normalized spacial score (nSPS) is 14.3. The topological polar surface area (TPSA) is 486 Å². The molecule has 1 fully saturated rings. The number of primary amides is 1.